The molecule has 0 bridgehead atoms. The highest BCUT2D eigenvalue weighted by Crippen LogP contribution is 2.21. The second-order valence-electron chi connectivity index (χ2n) is 5.23. The number of anilines is 1. The van der Waals surface area contributed by atoms with Crippen LogP contribution in [-0.4, -0.2) is 37.0 Å². The number of carbonyl (C=O) groups is 1. The van der Waals surface area contributed by atoms with Gasteiger partial charge in [-0.15, -0.1) is 0 Å². The van der Waals surface area contributed by atoms with Crippen molar-refractivity contribution in [2.75, 3.05) is 31.1 Å². The standard InChI is InChI=1S/C16H20FN3O/c1-2-5-13(12-18)16(21)20-10-8-19(9-11-20)15-7-4-3-6-14(15)17/h3-4,6-7,13H,2,5,8-11H2,1H3. The molecule has 0 saturated carbocycles. The summed E-state index contributed by atoms with van der Waals surface area (Å²) in [5, 5.41) is 9.07. The van der Waals surface area contributed by atoms with Crippen LogP contribution in [0, 0.1) is 23.1 Å². The molecule has 0 radical (unpaired) electrons. The summed E-state index contributed by atoms with van der Waals surface area (Å²) in [6.07, 6.45) is 1.42. The van der Waals surface area contributed by atoms with Gasteiger partial charge in [0.15, 0.2) is 0 Å². The van der Waals surface area contributed by atoms with E-state index in [2.05, 4.69) is 6.07 Å². The van der Waals surface area contributed by atoms with Gasteiger partial charge in [0.1, 0.15) is 11.7 Å². The number of para-hydroxylation sites is 1. The molecule has 1 atom stereocenters. The number of carbonyl (C=O) groups excluding carboxylic acids is 1. The van der Waals surface area contributed by atoms with E-state index in [4.69, 9.17) is 5.26 Å². The Balaban J connectivity index is 1.96. The first-order valence-electron chi connectivity index (χ1n) is 7.35. The summed E-state index contributed by atoms with van der Waals surface area (Å²) in [6.45, 7) is 4.23. The van der Waals surface area contributed by atoms with Gasteiger partial charge in [-0.2, -0.15) is 5.26 Å². The summed E-state index contributed by atoms with van der Waals surface area (Å²) >= 11 is 0. The van der Waals surface area contributed by atoms with E-state index in [1.54, 1.807) is 17.0 Å². The Bertz CT molecular complexity index is 533. The number of nitriles is 1. The van der Waals surface area contributed by atoms with Crippen LogP contribution in [0.3, 0.4) is 0 Å². The number of hydrogen-bond acceptors (Lipinski definition) is 3. The van der Waals surface area contributed by atoms with Crippen molar-refractivity contribution in [1.82, 2.24) is 4.90 Å². The summed E-state index contributed by atoms with van der Waals surface area (Å²) in [7, 11) is 0. The molecule has 1 unspecified atom stereocenters. The van der Waals surface area contributed by atoms with Crippen molar-refractivity contribution in [3.63, 3.8) is 0 Å². The summed E-state index contributed by atoms with van der Waals surface area (Å²) in [5.41, 5.74) is 0.579. The van der Waals surface area contributed by atoms with Gasteiger partial charge >= 0.3 is 0 Å². The third kappa shape index (κ3) is 3.52. The minimum Gasteiger partial charge on any atom is -0.366 e. The molecule has 112 valence electrons. The number of hydrogen-bond donors (Lipinski definition) is 0. The zero-order chi connectivity index (χ0) is 15.2. The van der Waals surface area contributed by atoms with E-state index in [1.807, 2.05) is 17.9 Å². The van der Waals surface area contributed by atoms with Gasteiger partial charge in [0.25, 0.3) is 0 Å². The van der Waals surface area contributed by atoms with Crippen LogP contribution in [0.15, 0.2) is 24.3 Å². The van der Waals surface area contributed by atoms with E-state index < -0.39 is 5.92 Å². The van der Waals surface area contributed by atoms with Crippen molar-refractivity contribution < 1.29 is 9.18 Å². The van der Waals surface area contributed by atoms with Gasteiger partial charge in [0.2, 0.25) is 5.91 Å². The third-order valence-electron chi connectivity index (χ3n) is 3.82. The summed E-state index contributed by atoms with van der Waals surface area (Å²) < 4.78 is 13.7. The molecule has 0 aliphatic carbocycles. The van der Waals surface area contributed by atoms with Gasteiger partial charge in [-0.25, -0.2) is 4.39 Å². The molecule has 2 rings (SSSR count). The quantitative estimate of drug-likeness (QED) is 0.855. The van der Waals surface area contributed by atoms with Gasteiger partial charge < -0.3 is 9.80 Å². The molecule has 1 amide bonds. The Hall–Kier alpha value is -2.09. The van der Waals surface area contributed by atoms with Crippen molar-refractivity contribution in [2.24, 2.45) is 5.92 Å². The maximum absolute atomic E-state index is 13.7. The molecule has 1 aliphatic rings. The predicted octanol–water partition coefficient (Wildman–Crippen LogP) is 2.41. The molecule has 4 nitrogen and oxygen atoms in total. The topological polar surface area (TPSA) is 47.3 Å². The minimum absolute atomic E-state index is 0.0902. The molecule has 1 fully saturated rings. The van der Waals surface area contributed by atoms with Crippen LogP contribution in [0.4, 0.5) is 10.1 Å². The fraction of sp³-hybridized carbons (Fsp3) is 0.500. The number of rotatable bonds is 4. The molecule has 1 aromatic carbocycles. The van der Waals surface area contributed by atoms with Crippen LogP contribution >= 0.6 is 0 Å². The highest BCUT2D eigenvalue weighted by Gasteiger charge is 2.27. The first-order chi connectivity index (χ1) is 10.2. The monoisotopic (exact) mass is 289 g/mol. The normalized spacial score (nSPS) is 16.4. The largest absolute Gasteiger partial charge is 0.366 e. The highest BCUT2D eigenvalue weighted by molar-refractivity contribution is 5.81. The second-order valence-corrected chi connectivity index (χ2v) is 5.23. The van der Waals surface area contributed by atoms with Crippen molar-refractivity contribution in [3.05, 3.63) is 30.1 Å². The summed E-state index contributed by atoms with van der Waals surface area (Å²) in [5.74, 6) is -0.874. The van der Waals surface area contributed by atoms with Crippen molar-refractivity contribution in [2.45, 2.75) is 19.8 Å². The molecule has 0 N–H and O–H groups in total. The van der Waals surface area contributed by atoms with E-state index in [1.165, 1.54) is 6.07 Å². The number of nitrogens with zero attached hydrogens (tertiary/aromatic N) is 3. The van der Waals surface area contributed by atoms with Crippen LogP contribution in [0.5, 0.6) is 0 Å². The number of halogens is 1. The minimum atomic E-state index is -0.546. The lowest BCUT2D eigenvalue weighted by Gasteiger charge is -2.36. The Kier molecular flexibility index (Phi) is 5.15. The van der Waals surface area contributed by atoms with E-state index in [0.717, 1.165) is 6.42 Å². The lowest BCUT2D eigenvalue weighted by Crippen LogP contribution is -2.50. The van der Waals surface area contributed by atoms with Crippen LogP contribution < -0.4 is 4.90 Å². The SMILES string of the molecule is CCCC(C#N)C(=O)N1CCN(c2ccccc2F)CC1. The Morgan fingerprint density at radius 1 is 1.33 bits per heavy atom. The fourth-order valence-electron chi connectivity index (χ4n) is 2.63. The third-order valence-corrected chi connectivity index (χ3v) is 3.82. The lowest BCUT2D eigenvalue weighted by atomic mass is 10.0. The number of piperazine rings is 1. The first kappa shape index (κ1) is 15.3. The number of benzene rings is 1. The lowest BCUT2D eigenvalue weighted by molar-refractivity contribution is -0.134. The van der Waals surface area contributed by atoms with Crippen LogP contribution in [-0.2, 0) is 4.79 Å². The zero-order valence-corrected chi connectivity index (χ0v) is 12.3. The Morgan fingerprint density at radius 2 is 2.00 bits per heavy atom. The van der Waals surface area contributed by atoms with E-state index in [9.17, 15) is 9.18 Å². The van der Waals surface area contributed by atoms with E-state index in [-0.39, 0.29) is 11.7 Å². The molecular weight excluding hydrogens is 269 g/mol. The molecule has 5 heteroatoms. The molecule has 21 heavy (non-hydrogen) atoms. The summed E-state index contributed by atoms with van der Waals surface area (Å²) in [6, 6.07) is 8.76. The molecule has 0 spiro atoms. The van der Waals surface area contributed by atoms with Gasteiger partial charge in [-0.1, -0.05) is 25.5 Å². The molecule has 1 aromatic rings. The van der Waals surface area contributed by atoms with Crippen LogP contribution in [0.2, 0.25) is 0 Å². The fourth-order valence-corrected chi connectivity index (χ4v) is 2.63. The molecule has 1 aliphatic heterocycles. The maximum atomic E-state index is 13.7. The average molecular weight is 289 g/mol. The Morgan fingerprint density at radius 3 is 2.57 bits per heavy atom. The Labute approximate surface area is 124 Å². The van der Waals surface area contributed by atoms with Crippen LogP contribution in [0.1, 0.15) is 19.8 Å². The number of amides is 1. The first-order valence-corrected chi connectivity index (χ1v) is 7.35. The zero-order valence-electron chi connectivity index (χ0n) is 12.3. The van der Waals surface area contributed by atoms with Crippen molar-refractivity contribution in [1.29, 1.82) is 5.26 Å². The average Bonchev–Trinajstić information content (AvgIpc) is 2.52. The van der Waals surface area contributed by atoms with Crippen molar-refractivity contribution >= 4 is 11.6 Å². The van der Waals surface area contributed by atoms with Crippen molar-refractivity contribution in [3.8, 4) is 6.07 Å². The van der Waals surface area contributed by atoms with Gasteiger partial charge in [0.05, 0.1) is 11.8 Å². The van der Waals surface area contributed by atoms with E-state index in [0.29, 0.717) is 38.3 Å². The van der Waals surface area contributed by atoms with Gasteiger partial charge in [-0.05, 0) is 18.6 Å². The molecule has 1 heterocycles. The molecule has 0 aromatic heterocycles. The molecule has 1 saturated heterocycles. The second kappa shape index (κ2) is 7.07. The molecular formula is C16H20FN3O. The van der Waals surface area contributed by atoms with Gasteiger partial charge in [-0.3, -0.25) is 4.79 Å². The predicted molar refractivity (Wildman–Crippen MR) is 79.2 cm³/mol. The van der Waals surface area contributed by atoms with E-state index >= 15 is 0 Å². The maximum Gasteiger partial charge on any atom is 0.240 e. The highest BCUT2D eigenvalue weighted by atomic mass is 19.1. The summed E-state index contributed by atoms with van der Waals surface area (Å²) in [4.78, 5) is 15.9. The van der Waals surface area contributed by atoms with Crippen LogP contribution in [0.25, 0.3) is 0 Å². The van der Waals surface area contributed by atoms with Gasteiger partial charge in [0, 0.05) is 26.2 Å². The smallest absolute Gasteiger partial charge is 0.240 e.